The summed E-state index contributed by atoms with van der Waals surface area (Å²) in [6.45, 7) is 1.15. The number of benzene rings is 2. The van der Waals surface area contributed by atoms with E-state index in [9.17, 15) is 35.1 Å². The number of aryl methyl sites for hydroxylation is 1. The van der Waals surface area contributed by atoms with Gasteiger partial charge >= 0.3 is 12.5 Å². The van der Waals surface area contributed by atoms with Crippen molar-refractivity contribution in [1.29, 1.82) is 0 Å². The van der Waals surface area contributed by atoms with E-state index in [1.165, 1.54) is 0 Å². The van der Waals surface area contributed by atoms with Crippen LogP contribution in [-0.4, -0.2) is 6.36 Å². The molecule has 0 bridgehead atoms. The van der Waals surface area contributed by atoms with Crippen molar-refractivity contribution in [2.45, 2.75) is 19.4 Å². The van der Waals surface area contributed by atoms with Crippen molar-refractivity contribution >= 4 is 0 Å². The molecule has 0 amide bonds. The van der Waals surface area contributed by atoms with E-state index in [-0.39, 0.29) is 11.6 Å². The van der Waals surface area contributed by atoms with Crippen molar-refractivity contribution < 1.29 is 44.6 Å². The normalized spacial score (nSPS) is 12.2. The standard InChI is InChI=1S/C15H8F8O2/c1-7-2-4-9(13(18)12(7)17)14(19,20)24-8-3-5-11(10(16)6-8)25-15(21,22)23/h2-6H,1H3. The Labute approximate surface area is 135 Å². The van der Waals surface area contributed by atoms with Crippen LogP contribution in [0.3, 0.4) is 0 Å². The van der Waals surface area contributed by atoms with Gasteiger partial charge in [-0.15, -0.1) is 13.2 Å². The highest BCUT2D eigenvalue weighted by atomic mass is 19.4. The summed E-state index contributed by atoms with van der Waals surface area (Å²) in [4.78, 5) is 0. The smallest absolute Gasteiger partial charge is 0.429 e. The molecule has 25 heavy (non-hydrogen) atoms. The Balaban J connectivity index is 2.29. The predicted molar refractivity (Wildman–Crippen MR) is 68.7 cm³/mol. The van der Waals surface area contributed by atoms with Gasteiger partial charge in [0.2, 0.25) is 0 Å². The van der Waals surface area contributed by atoms with Gasteiger partial charge in [-0.3, -0.25) is 0 Å². The Morgan fingerprint density at radius 2 is 1.44 bits per heavy atom. The van der Waals surface area contributed by atoms with Crippen LogP contribution in [-0.2, 0) is 6.11 Å². The molecule has 2 aromatic rings. The molecule has 136 valence electrons. The van der Waals surface area contributed by atoms with E-state index in [1.54, 1.807) is 0 Å². The fraction of sp³-hybridized carbons (Fsp3) is 0.200. The highest BCUT2D eigenvalue weighted by Gasteiger charge is 2.39. The minimum Gasteiger partial charge on any atom is -0.429 e. The van der Waals surface area contributed by atoms with E-state index in [2.05, 4.69) is 9.47 Å². The van der Waals surface area contributed by atoms with Gasteiger partial charge in [-0.1, -0.05) is 6.07 Å². The zero-order chi connectivity index (χ0) is 19.0. The molecule has 0 fully saturated rings. The van der Waals surface area contributed by atoms with Gasteiger partial charge in [0.25, 0.3) is 0 Å². The maximum Gasteiger partial charge on any atom is 0.573 e. The molecule has 10 heteroatoms. The monoisotopic (exact) mass is 372 g/mol. The van der Waals surface area contributed by atoms with Crippen LogP contribution in [0.5, 0.6) is 11.5 Å². The van der Waals surface area contributed by atoms with Crippen LogP contribution < -0.4 is 9.47 Å². The van der Waals surface area contributed by atoms with E-state index in [0.29, 0.717) is 18.2 Å². The maximum atomic E-state index is 14.0. The summed E-state index contributed by atoms with van der Waals surface area (Å²) in [6, 6.07) is 2.61. The third kappa shape index (κ3) is 4.31. The molecule has 0 radical (unpaired) electrons. The molecule has 0 N–H and O–H groups in total. The fourth-order valence-corrected chi connectivity index (χ4v) is 1.83. The van der Waals surface area contributed by atoms with Crippen molar-refractivity contribution in [2.24, 2.45) is 0 Å². The van der Waals surface area contributed by atoms with Crippen molar-refractivity contribution in [3.05, 3.63) is 58.9 Å². The Bertz CT molecular complexity index is 786. The topological polar surface area (TPSA) is 18.5 Å². The molecule has 0 atom stereocenters. The first-order valence-corrected chi connectivity index (χ1v) is 6.48. The van der Waals surface area contributed by atoms with Gasteiger partial charge in [-0.25, -0.2) is 13.2 Å². The summed E-state index contributed by atoms with van der Waals surface area (Å²) in [5, 5.41) is 0. The van der Waals surface area contributed by atoms with Gasteiger partial charge in [-0.05, 0) is 30.7 Å². The van der Waals surface area contributed by atoms with Crippen LogP contribution >= 0.6 is 0 Å². The Morgan fingerprint density at radius 3 is 2.00 bits per heavy atom. The molecule has 0 aromatic heterocycles. The highest BCUT2D eigenvalue weighted by Crippen LogP contribution is 2.36. The lowest BCUT2D eigenvalue weighted by atomic mass is 10.1. The molecule has 2 rings (SSSR count). The second-order valence-electron chi connectivity index (χ2n) is 4.82. The van der Waals surface area contributed by atoms with Crippen LogP contribution in [0.1, 0.15) is 11.1 Å². The summed E-state index contributed by atoms with van der Waals surface area (Å²) >= 11 is 0. The van der Waals surface area contributed by atoms with Crippen molar-refractivity contribution in [3.8, 4) is 11.5 Å². The van der Waals surface area contributed by atoms with Gasteiger partial charge < -0.3 is 9.47 Å². The van der Waals surface area contributed by atoms with Gasteiger partial charge in [0.1, 0.15) is 11.3 Å². The molecule has 0 heterocycles. The number of rotatable bonds is 4. The molecule has 0 aliphatic heterocycles. The minimum atomic E-state index is -5.18. The van der Waals surface area contributed by atoms with E-state index < -0.39 is 47.0 Å². The molecule has 0 unspecified atom stereocenters. The van der Waals surface area contributed by atoms with Crippen LogP contribution in [0, 0.1) is 24.4 Å². The summed E-state index contributed by atoms with van der Waals surface area (Å²) < 4.78 is 112. The number of hydrogen-bond donors (Lipinski definition) is 0. The van der Waals surface area contributed by atoms with Crippen LogP contribution in [0.4, 0.5) is 35.1 Å². The predicted octanol–water partition coefficient (Wildman–Crippen LogP) is 5.44. The molecule has 0 aliphatic rings. The summed E-state index contributed by atoms with van der Waals surface area (Å²) in [5.41, 5.74) is -1.68. The van der Waals surface area contributed by atoms with E-state index in [4.69, 9.17) is 0 Å². The molecule has 2 nitrogen and oxygen atoms in total. The molecular weight excluding hydrogens is 364 g/mol. The lowest BCUT2D eigenvalue weighted by Crippen LogP contribution is -2.24. The quantitative estimate of drug-likeness (QED) is 0.666. The Morgan fingerprint density at radius 1 is 0.800 bits per heavy atom. The fourth-order valence-electron chi connectivity index (χ4n) is 1.83. The van der Waals surface area contributed by atoms with Crippen molar-refractivity contribution in [2.75, 3.05) is 0 Å². The first-order valence-electron chi connectivity index (χ1n) is 6.48. The van der Waals surface area contributed by atoms with Crippen LogP contribution in [0.25, 0.3) is 0 Å². The van der Waals surface area contributed by atoms with Crippen molar-refractivity contribution in [1.82, 2.24) is 0 Å². The maximum absolute atomic E-state index is 14.0. The minimum absolute atomic E-state index is 0.192. The largest absolute Gasteiger partial charge is 0.573 e. The lowest BCUT2D eigenvalue weighted by Gasteiger charge is -2.20. The third-order valence-electron chi connectivity index (χ3n) is 2.96. The Hall–Kier alpha value is -2.52. The van der Waals surface area contributed by atoms with E-state index in [0.717, 1.165) is 13.0 Å². The van der Waals surface area contributed by atoms with Gasteiger partial charge in [0.05, 0.1) is 0 Å². The van der Waals surface area contributed by atoms with Crippen LogP contribution in [0.15, 0.2) is 30.3 Å². The number of halogens is 8. The number of hydrogen-bond acceptors (Lipinski definition) is 2. The third-order valence-corrected chi connectivity index (χ3v) is 2.96. The van der Waals surface area contributed by atoms with E-state index in [1.807, 2.05) is 0 Å². The van der Waals surface area contributed by atoms with Gasteiger partial charge in [0, 0.05) is 6.07 Å². The first kappa shape index (κ1) is 18.8. The SMILES string of the molecule is Cc1ccc(C(F)(F)Oc2ccc(OC(F)(F)F)c(F)c2)c(F)c1F. The molecule has 2 aromatic carbocycles. The molecule has 0 aliphatic carbocycles. The number of ether oxygens (including phenoxy) is 2. The summed E-state index contributed by atoms with van der Waals surface area (Å²) in [6.07, 6.45) is -9.59. The Kier molecular flexibility index (Phi) is 4.83. The lowest BCUT2D eigenvalue weighted by molar-refractivity contribution is -0.275. The average molecular weight is 372 g/mol. The zero-order valence-corrected chi connectivity index (χ0v) is 12.2. The van der Waals surface area contributed by atoms with Crippen molar-refractivity contribution in [3.63, 3.8) is 0 Å². The summed E-state index contributed by atoms with van der Waals surface area (Å²) in [5.74, 6) is -7.20. The summed E-state index contributed by atoms with van der Waals surface area (Å²) in [7, 11) is 0. The van der Waals surface area contributed by atoms with Gasteiger partial charge in [0.15, 0.2) is 23.2 Å². The molecular formula is C15H8F8O2. The van der Waals surface area contributed by atoms with Crippen LogP contribution in [0.2, 0.25) is 0 Å². The molecule has 0 saturated heterocycles. The second kappa shape index (κ2) is 6.41. The second-order valence-corrected chi connectivity index (χ2v) is 4.82. The highest BCUT2D eigenvalue weighted by molar-refractivity contribution is 5.34. The van der Waals surface area contributed by atoms with Gasteiger partial charge in [-0.2, -0.15) is 8.78 Å². The average Bonchev–Trinajstić information content (AvgIpc) is 2.46. The van der Waals surface area contributed by atoms with E-state index >= 15 is 0 Å². The zero-order valence-electron chi connectivity index (χ0n) is 12.2. The number of alkyl halides is 5. The molecule has 0 saturated carbocycles. The molecule has 0 spiro atoms. The first-order chi connectivity index (χ1) is 11.4.